The summed E-state index contributed by atoms with van der Waals surface area (Å²) in [7, 11) is 1.96. The summed E-state index contributed by atoms with van der Waals surface area (Å²) in [5.74, 6) is 0.148. The number of fused-ring (bicyclic) bond motifs is 2. The second-order valence-electron chi connectivity index (χ2n) is 6.14. The van der Waals surface area contributed by atoms with Gasteiger partial charge in [-0.25, -0.2) is 0 Å². The molecule has 20 heavy (non-hydrogen) atoms. The quantitative estimate of drug-likeness (QED) is 0.899. The zero-order valence-corrected chi connectivity index (χ0v) is 13.6. The van der Waals surface area contributed by atoms with Crippen LogP contribution in [0.25, 0.3) is 0 Å². The molecule has 3 rings (SSSR count). The number of carbonyl (C=O) groups excluding carboxylic acids is 1. The summed E-state index contributed by atoms with van der Waals surface area (Å²) in [6, 6.07) is 7.51. The summed E-state index contributed by atoms with van der Waals surface area (Å²) < 4.78 is 0.963. The lowest BCUT2D eigenvalue weighted by atomic mass is 9.97. The van der Waals surface area contributed by atoms with Gasteiger partial charge >= 0.3 is 0 Å². The van der Waals surface area contributed by atoms with E-state index in [1.807, 2.05) is 37.1 Å². The zero-order valence-electron chi connectivity index (χ0n) is 12.0. The Bertz CT molecular complexity index is 519. The van der Waals surface area contributed by atoms with E-state index >= 15 is 0 Å². The molecule has 0 radical (unpaired) electrons. The van der Waals surface area contributed by atoms with E-state index < -0.39 is 0 Å². The number of aryl methyl sites for hydroxylation is 1. The second-order valence-corrected chi connectivity index (χ2v) is 7.05. The molecule has 2 bridgehead atoms. The van der Waals surface area contributed by atoms with Crippen LogP contribution in [0.15, 0.2) is 22.7 Å². The van der Waals surface area contributed by atoms with E-state index in [-0.39, 0.29) is 5.91 Å². The standard InChI is InChI=1S/C16H21BrN2O/c1-10-3-4-11(17)7-15(10)16(20)19(2)14-8-12-5-6-13(9-14)18-12/h3-4,7,12-14,18H,5-6,8-9H2,1-2H3. The smallest absolute Gasteiger partial charge is 0.254 e. The van der Waals surface area contributed by atoms with Crippen molar-refractivity contribution in [2.45, 2.75) is 50.7 Å². The first kappa shape index (κ1) is 14.1. The van der Waals surface area contributed by atoms with E-state index in [0.717, 1.165) is 28.4 Å². The van der Waals surface area contributed by atoms with Crippen molar-refractivity contribution in [1.82, 2.24) is 10.2 Å². The molecule has 2 aliphatic heterocycles. The molecular weight excluding hydrogens is 316 g/mol. The van der Waals surface area contributed by atoms with Crippen LogP contribution in [0, 0.1) is 6.92 Å². The lowest BCUT2D eigenvalue weighted by molar-refractivity contribution is 0.0681. The molecule has 0 aromatic heterocycles. The fourth-order valence-electron chi connectivity index (χ4n) is 3.52. The van der Waals surface area contributed by atoms with Crippen LogP contribution in [0.2, 0.25) is 0 Å². The molecule has 4 heteroatoms. The van der Waals surface area contributed by atoms with E-state index in [1.165, 1.54) is 12.8 Å². The Morgan fingerprint density at radius 1 is 1.30 bits per heavy atom. The largest absolute Gasteiger partial charge is 0.339 e. The fourth-order valence-corrected chi connectivity index (χ4v) is 3.88. The normalized spacial score (nSPS) is 28.4. The molecular formula is C16H21BrN2O. The maximum Gasteiger partial charge on any atom is 0.254 e. The number of nitrogens with zero attached hydrogens (tertiary/aromatic N) is 1. The fraction of sp³-hybridized carbons (Fsp3) is 0.562. The number of piperidine rings is 1. The van der Waals surface area contributed by atoms with E-state index in [0.29, 0.717) is 18.1 Å². The molecule has 1 aromatic carbocycles. The number of amides is 1. The minimum absolute atomic E-state index is 0.148. The van der Waals surface area contributed by atoms with Gasteiger partial charge in [0.25, 0.3) is 5.91 Å². The Hall–Kier alpha value is -0.870. The molecule has 2 saturated heterocycles. The van der Waals surface area contributed by atoms with Crippen LogP contribution in [-0.4, -0.2) is 36.0 Å². The number of halogens is 1. The molecule has 2 atom stereocenters. The Balaban J connectivity index is 1.78. The second kappa shape index (κ2) is 5.49. The Kier molecular flexibility index (Phi) is 3.87. The number of nitrogens with one attached hydrogen (secondary N) is 1. The van der Waals surface area contributed by atoms with Crippen LogP contribution in [0.5, 0.6) is 0 Å². The van der Waals surface area contributed by atoms with Gasteiger partial charge in [-0.15, -0.1) is 0 Å². The summed E-state index contributed by atoms with van der Waals surface area (Å²) in [6.45, 7) is 2.00. The first-order chi connectivity index (χ1) is 9.54. The number of carbonyl (C=O) groups is 1. The van der Waals surface area contributed by atoms with Crippen LogP contribution >= 0.6 is 15.9 Å². The molecule has 3 nitrogen and oxygen atoms in total. The summed E-state index contributed by atoms with van der Waals surface area (Å²) >= 11 is 3.46. The van der Waals surface area contributed by atoms with Crippen LogP contribution in [-0.2, 0) is 0 Å². The van der Waals surface area contributed by atoms with Crippen LogP contribution in [0.3, 0.4) is 0 Å². The summed E-state index contributed by atoms with van der Waals surface area (Å²) in [6.07, 6.45) is 4.70. The van der Waals surface area contributed by atoms with Crippen LogP contribution in [0.4, 0.5) is 0 Å². The molecule has 2 aliphatic rings. The first-order valence-electron chi connectivity index (χ1n) is 7.34. The number of hydrogen-bond donors (Lipinski definition) is 1. The third-order valence-electron chi connectivity index (χ3n) is 4.75. The van der Waals surface area contributed by atoms with Gasteiger partial charge in [-0.3, -0.25) is 4.79 Å². The highest BCUT2D eigenvalue weighted by Crippen LogP contribution is 2.30. The molecule has 1 N–H and O–H groups in total. The molecule has 2 unspecified atom stereocenters. The van der Waals surface area contributed by atoms with Crippen molar-refractivity contribution in [3.63, 3.8) is 0 Å². The lowest BCUT2D eigenvalue weighted by Crippen LogP contribution is -2.48. The number of hydrogen-bond acceptors (Lipinski definition) is 2. The first-order valence-corrected chi connectivity index (χ1v) is 8.13. The summed E-state index contributed by atoms with van der Waals surface area (Å²) in [5, 5.41) is 3.63. The predicted octanol–water partition coefficient (Wildman–Crippen LogP) is 3.11. The van der Waals surface area contributed by atoms with Gasteiger partial charge in [0.15, 0.2) is 0 Å². The minimum Gasteiger partial charge on any atom is -0.339 e. The Labute approximate surface area is 128 Å². The van der Waals surface area contributed by atoms with Gasteiger partial charge in [0.2, 0.25) is 0 Å². The third kappa shape index (κ3) is 2.63. The average Bonchev–Trinajstić information content (AvgIpc) is 2.78. The van der Waals surface area contributed by atoms with Crippen molar-refractivity contribution in [2.75, 3.05) is 7.05 Å². The predicted molar refractivity (Wildman–Crippen MR) is 83.9 cm³/mol. The van der Waals surface area contributed by atoms with Gasteiger partial charge in [-0.1, -0.05) is 22.0 Å². The average molecular weight is 337 g/mol. The van der Waals surface area contributed by atoms with Crippen molar-refractivity contribution in [3.8, 4) is 0 Å². The van der Waals surface area contributed by atoms with Gasteiger partial charge in [0, 0.05) is 35.2 Å². The van der Waals surface area contributed by atoms with Gasteiger partial charge in [0.05, 0.1) is 0 Å². The maximum atomic E-state index is 12.7. The lowest BCUT2D eigenvalue weighted by Gasteiger charge is -2.35. The summed E-state index contributed by atoms with van der Waals surface area (Å²) in [4.78, 5) is 14.7. The Morgan fingerprint density at radius 2 is 1.95 bits per heavy atom. The van der Waals surface area contributed by atoms with Gasteiger partial charge in [-0.05, 0) is 50.3 Å². The molecule has 0 saturated carbocycles. The maximum absolute atomic E-state index is 12.7. The van der Waals surface area contributed by atoms with Crippen molar-refractivity contribution in [2.24, 2.45) is 0 Å². The number of benzene rings is 1. The highest BCUT2D eigenvalue weighted by molar-refractivity contribution is 9.10. The molecule has 108 valence electrons. The third-order valence-corrected chi connectivity index (χ3v) is 5.24. The molecule has 1 amide bonds. The molecule has 0 spiro atoms. The van der Waals surface area contributed by atoms with Crippen molar-refractivity contribution in [3.05, 3.63) is 33.8 Å². The molecule has 1 aromatic rings. The monoisotopic (exact) mass is 336 g/mol. The highest BCUT2D eigenvalue weighted by Gasteiger charge is 2.36. The summed E-state index contributed by atoms with van der Waals surface area (Å²) in [5.41, 5.74) is 1.86. The van der Waals surface area contributed by atoms with E-state index in [9.17, 15) is 4.79 Å². The zero-order chi connectivity index (χ0) is 14.3. The molecule has 0 aliphatic carbocycles. The van der Waals surface area contributed by atoms with Crippen LogP contribution in [0.1, 0.15) is 41.6 Å². The topological polar surface area (TPSA) is 32.3 Å². The van der Waals surface area contributed by atoms with Gasteiger partial charge < -0.3 is 10.2 Å². The highest BCUT2D eigenvalue weighted by atomic mass is 79.9. The minimum atomic E-state index is 0.148. The molecule has 2 heterocycles. The van der Waals surface area contributed by atoms with E-state index in [4.69, 9.17) is 0 Å². The van der Waals surface area contributed by atoms with Gasteiger partial charge in [-0.2, -0.15) is 0 Å². The van der Waals surface area contributed by atoms with Crippen molar-refractivity contribution in [1.29, 1.82) is 0 Å². The SMILES string of the molecule is Cc1ccc(Br)cc1C(=O)N(C)C1CC2CCC(C1)N2. The number of rotatable bonds is 2. The van der Waals surface area contributed by atoms with Crippen molar-refractivity contribution < 1.29 is 4.79 Å². The molecule has 2 fully saturated rings. The van der Waals surface area contributed by atoms with Crippen molar-refractivity contribution >= 4 is 21.8 Å². The Morgan fingerprint density at radius 3 is 2.60 bits per heavy atom. The van der Waals surface area contributed by atoms with Crippen LogP contribution < -0.4 is 5.32 Å². The van der Waals surface area contributed by atoms with E-state index in [2.05, 4.69) is 21.2 Å². The van der Waals surface area contributed by atoms with E-state index in [1.54, 1.807) is 0 Å². The van der Waals surface area contributed by atoms with Gasteiger partial charge in [0.1, 0.15) is 0 Å².